The van der Waals surface area contributed by atoms with Crippen molar-refractivity contribution < 1.29 is 18.3 Å². The predicted octanol–water partition coefficient (Wildman–Crippen LogP) is 0.748. The highest BCUT2D eigenvalue weighted by atomic mass is 32.2. The highest BCUT2D eigenvalue weighted by molar-refractivity contribution is 7.89. The maximum Gasteiger partial charge on any atom is 0.251 e. The molecule has 0 atom stereocenters. The average molecular weight is 314 g/mol. The highest BCUT2D eigenvalue weighted by Crippen LogP contribution is 2.19. The van der Waals surface area contributed by atoms with Crippen LogP contribution in [0.15, 0.2) is 23.1 Å². The van der Waals surface area contributed by atoms with E-state index in [0.29, 0.717) is 24.2 Å². The minimum atomic E-state index is -3.59. The summed E-state index contributed by atoms with van der Waals surface area (Å²) in [5.74, 6) is -0.391. The Morgan fingerprint density at radius 2 is 1.90 bits per heavy atom. The third-order valence-corrected chi connectivity index (χ3v) is 5.24. The standard InChI is InChI=1S/C14H22N2O4S/c1-4-16(5-2)21(19,20)12-7-6-11(3)13(10-12)14(18)15-8-9-17/h6-7,10,17H,4-5,8-9H2,1-3H3,(H,15,18). The first kappa shape index (κ1) is 17.6. The summed E-state index contributed by atoms with van der Waals surface area (Å²) in [6.45, 7) is 5.99. The molecule has 1 rings (SSSR count). The fraction of sp³-hybridized carbons (Fsp3) is 0.500. The molecular weight excluding hydrogens is 292 g/mol. The Labute approximate surface area is 125 Å². The van der Waals surface area contributed by atoms with E-state index in [0.717, 1.165) is 0 Å². The van der Waals surface area contributed by atoms with Gasteiger partial charge < -0.3 is 10.4 Å². The maximum absolute atomic E-state index is 12.4. The molecule has 0 aromatic heterocycles. The number of rotatable bonds is 7. The second-order valence-corrected chi connectivity index (χ2v) is 6.48. The summed E-state index contributed by atoms with van der Waals surface area (Å²) < 4.78 is 26.2. The summed E-state index contributed by atoms with van der Waals surface area (Å²) in [7, 11) is -3.59. The molecule has 6 nitrogen and oxygen atoms in total. The third-order valence-electron chi connectivity index (χ3n) is 3.19. The molecule has 7 heteroatoms. The average Bonchev–Trinajstić information content (AvgIpc) is 2.46. The first-order valence-corrected chi connectivity index (χ1v) is 8.32. The summed E-state index contributed by atoms with van der Waals surface area (Å²) in [5.41, 5.74) is 0.987. The van der Waals surface area contributed by atoms with Gasteiger partial charge in [-0.05, 0) is 24.6 Å². The Morgan fingerprint density at radius 3 is 2.43 bits per heavy atom. The number of nitrogens with one attached hydrogen (secondary N) is 1. The van der Waals surface area contributed by atoms with Crippen LogP contribution in [0.1, 0.15) is 29.8 Å². The molecule has 0 heterocycles. The topological polar surface area (TPSA) is 86.7 Å². The lowest BCUT2D eigenvalue weighted by Gasteiger charge is -2.19. The summed E-state index contributed by atoms with van der Waals surface area (Å²) >= 11 is 0. The number of nitrogens with zero attached hydrogens (tertiary/aromatic N) is 1. The van der Waals surface area contributed by atoms with E-state index in [1.54, 1.807) is 26.8 Å². The lowest BCUT2D eigenvalue weighted by atomic mass is 10.1. The van der Waals surface area contributed by atoms with Gasteiger partial charge in [0.25, 0.3) is 5.91 Å². The van der Waals surface area contributed by atoms with Gasteiger partial charge in [-0.15, -0.1) is 0 Å². The molecule has 2 N–H and O–H groups in total. The van der Waals surface area contributed by atoms with Crippen LogP contribution in [0, 0.1) is 6.92 Å². The van der Waals surface area contributed by atoms with E-state index >= 15 is 0 Å². The van der Waals surface area contributed by atoms with Crippen LogP contribution >= 0.6 is 0 Å². The first-order chi connectivity index (χ1) is 9.88. The van der Waals surface area contributed by atoms with Crippen LogP contribution in [0.25, 0.3) is 0 Å². The lowest BCUT2D eigenvalue weighted by Crippen LogP contribution is -2.31. The molecule has 0 radical (unpaired) electrons. The van der Waals surface area contributed by atoms with E-state index in [1.807, 2.05) is 0 Å². The molecule has 0 spiro atoms. The molecule has 118 valence electrons. The van der Waals surface area contributed by atoms with E-state index in [4.69, 9.17) is 5.11 Å². The molecule has 0 unspecified atom stereocenters. The number of aliphatic hydroxyl groups excluding tert-OH is 1. The largest absolute Gasteiger partial charge is 0.395 e. The van der Waals surface area contributed by atoms with Gasteiger partial charge in [-0.25, -0.2) is 8.42 Å². The van der Waals surface area contributed by atoms with Crippen molar-refractivity contribution in [2.45, 2.75) is 25.7 Å². The van der Waals surface area contributed by atoms with Crippen LogP contribution in [-0.4, -0.2) is 50.0 Å². The van der Waals surface area contributed by atoms with Crippen molar-refractivity contribution in [1.82, 2.24) is 9.62 Å². The molecule has 0 saturated carbocycles. The van der Waals surface area contributed by atoms with Crippen molar-refractivity contribution in [2.75, 3.05) is 26.2 Å². The van der Waals surface area contributed by atoms with Crippen molar-refractivity contribution in [1.29, 1.82) is 0 Å². The van der Waals surface area contributed by atoms with Crippen LogP contribution in [0.3, 0.4) is 0 Å². The van der Waals surface area contributed by atoms with Crippen LogP contribution in [0.2, 0.25) is 0 Å². The van der Waals surface area contributed by atoms with E-state index in [1.165, 1.54) is 16.4 Å². The SMILES string of the molecule is CCN(CC)S(=O)(=O)c1ccc(C)c(C(=O)NCCO)c1. The lowest BCUT2D eigenvalue weighted by molar-refractivity contribution is 0.0944. The number of carbonyl (C=O) groups is 1. The molecule has 0 aliphatic heterocycles. The number of aryl methyl sites for hydroxylation is 1. The fourth-order valence-electron chi connectivity index (χ4n) is 1.98. The molecule has 0 aliphatic rings. The van der Waals surface area contributed by atoms with Gasteiger partial charge in [0.15, 0.2) is 0 Å². The minimum absolute atomic E-state index is 0.103. The Bertz CT molecular complexity index is 595. The Morgan fingerprint density at radius 1 is 1.29 bits per heavy atom. The summed E-state index contributed by atoms with van der Waals surface area (Å²) in [4.78, 5) is 12.1. The number of sulfonamides is 1. The predicted molar refractivity (Wildman–Crippen MR) is 80.7 cm³/mol. The van der Waals surface area contributed by atoms with Gasteiger partial charge in [0, 0.05) is 25.2 Å². The van der Waals surface area contributed by atoms with Crippen LogP contribution in [0.4, 0.5) is 0 Å². The molecule has 1 aromatic carbocycles. The first-order valence-electron chi connectivity index (χ1n) is 6.88. The Balaban J connectivity index is 3.20. The second kappa shape index (κ2) is 7.53. The van der Waals surface area contributed by atoms with Crippen molar-refractivity contribution in [2.24, 2.45) is 0 Å². The third kappa shape index (κ3) is 4.03. The number of hydrogen-bond acceptors (Lipinski definition) is 4. The van der Waals surface area contributed by atoms with Gasteiger partial charge >= 0.3 is 0 Å². The number of amides is 1. The van der Waals surface area contributed by atoms with E-state index < -0.39 is 15.9 Å². The summed E-state index contributed by atoms with van der Waals surface area (Å²) in [6, 6.07) is 4.51. The molecule has 0 fully saturated rings. The van der Waals surface area contributed by atoms with Gasteiger partial charge in [0.2, 0.25) is 10.0 Å². The molecule has 0 aliphatic carbocycles. The van der Waals surface area contributed by atoms with Crippen LogP contribution in [0.5, 0.6) is 0 Å². The van der Waals surface area contributed by atoms with Gasteiger partial charge in [-0.2, -0.15) is 4.31 Å². The molecule has 0 bridgehead atoms. The number of aliphatic hydroxyl groups is 1. The monoisotopic (exact) mass is 314 g/mol. The number of carbonyl (C=O) groups excluding carboxylic acids is 1. The Kier molecular flexibility index (Phi) is 6.32. The van der Waals surface area contributed by atoms with Crippen molar-refractivity contribution >= 4 is 15.9 Å². The zero-order chi connectivity index (χ0) is 16.0. The summed E-state index contributed by atoms with van der Waals surface area (Å²) in [5, 5.41) is 11.3. The molecule has 1 aromatic rings. The van der Waals surface area contributed by atoms with Gasteiger partial charge in [0.1, 0.15) is 0 Å². The quantitative estimate of drug-likeness (QED) is 0.777. The van der Waals surface area contributed by atoms with E-state index in [9.17, 15) is 13.2 Å². The number of hydrogen-bond donors (Lipinski definition) is 2. The maximum atomic E-state index is 12.4. The van der Waals surface area contributed by atoms with Crippen LogP contribution < -0.4 is 5.32 Å². The summed E-state index contributed by atoms with van der Waals surface area (Å²) in [6.07, 6.45) is 0. The van der Waals surface area contributed by atoms with E-state index in [2.05, 4.69) is 5.32 Å². The van der Waals surface area contributed by atoms with Gasteiger partial charge in [-0.3, -0.25) is 4.79 Å². The normalized spacial score (nSPS) is 11.7. The molecule has 0 saturated heterocycles. The molecular formula is C14H22N2O4S. The van der Waals surface area contributed by atoms with Gasteiger partial charge in [-0.1, -0.05) is 19.9 Å². The molecule has 21 heavy (non-hydrogen) atoms. The minimum Gasteiger partial charge on any atom is -0.395 e. The van der Waals surface area contributed by atoms with Crippen molar-refractivity contribution in [3.05, 3.63) is 29.3 Å². The fourth-order valence-corrected chi connectivity index (χ4v) is 3.47. The zero-order valence-corrected chi connectivity index (χ0v) is 13.4. The van der Waals surface area contributed by atoms with Gasteiger partial charge in [0.05, 0.1) is 11.5 Å². The van der Waals surface area contributed by atoms with Crippen molar-refractivity contribution in [3.63, 3.8) is 0 Å². The highest BCUT2D eigenvalue weighted by Gasteiger charge is 2.23. The zero-order valence-electron chi connectivity index (χ0n) is 12.6. The van der Waals surface area contributed by atoms with E-state index in [-0.39, 0.29) is 18.0 Å². The smallest absolute Gasteiger partial charge is 0.251 e. The Hall–Kier alpha value is -1.44. The number of benzene rings is 1. The molecule has 1 amide bonds. The second-order valence-electron chi connectivity index (χ2n) is 4.55. The van der Waals surface area contributed by atoms with Crippen molar-refractivity contribution in [3.8, 4) is 0 Å². The van der Waals surface area contributed by atoms with Crippen LogP contribution in [-0.2, 0) is 10.0 Å².